The average Bonchev–Trinajstić information content (AvgIpc) is 3.02. The Labute approximate surface area is 253 Å². The summed E-state index contributed by atoms with van der Waals surface area (Å²) >= 11 is 0. The Morgan fingerprint density at radius 3 is 1.19 bits per heavy atom. The normalized spacial score (nSPS) is 11.0. The Hall–Kier alpha value is -2.32. The van der Waals surface area contributed by atoms with E-state index in [4.69, 9.17) is 19.5 Å². The first-order valence-corrected chi connectivity index (χ1v) is 15.1. The molecule has 0 unspecified atom stereocenters. The molecule has 0 spiro atoms. The molecule has 13 nitrogen and oxygen atoms in total. The number of unbranched alkanes of at least 4 members (excludes halogenated alkanes) is 2. The van der Waals surface area contributed by atoms with Gasteiger partial charge in [0.25, 0.3) is 0 Å². The van der Waals surface area contributed by atoms with E-state index >= 15 is 0 Å². The summed E-state index contributed by atoms with van der Waals surface area (Å²) in [6.07, 6.45) is 4.12. The highest BCUT2D eigenvalue weighted by Gasteiger charge is 2.16. The Morgan fingerprint density at radius 1 is 0.524 bits per heavy atom. The van der Waals surface area contributed by atoms with Crippen LogP contribution in [0.3, 0.4) is 0 Å². The van der Waals surface area contributed by atoms with Crippen molar-refractivity contribution in [3.8, 4) is 0 Å². The predicted octanol–water partition coefficient (Wildman–Crippen LogP) is 2.14. The van der Waals surface area contributed by atoms with Crippen molar-refractivity contribution < 1.29 is 43.5 Å². The second-order valence-electron chi connectivity index (χ2n) is 9.73. The third-order valence-electron chi connectivity index (χ3n) is 6.72. The molecule has 0 aliphatic rings. The third kappa shape index (κ3) is 24.3. The number of nitrogens with zero attached hydrogens (tertiary/aromatic N) is 4. The molecule has 248 valence electrons. The molecular formula is C29H58N4O9. The van der Waals surface area contributed by atoms with Crippen LogP contribution in [-0.2, 0) is 38.3 Å². The first-order chi connectivity index (χ1) is 20.2. The molecule has 0 heterocycles. The number of likely N-dealkylation sites (N-methyl/N-ethyl adjacent to an activating group) is 1. The number of rotatable bonds is 25. The van der Waals surface area contributed by atoms with Gasteiger partial charge in [-0.15, -0.1) is 0 Å². The minimum absolute atomic E-state index is 0.0229. The molecule has 1 N–H and O–H groups in total. The number of esters is 3. The summed E-state index contributed by atoms with van der Waals surface area (Å²) in [5, 5.41) is 8.53. The van der Waals surface area contributed by atoms with E-state index in [9.17, 15) is 19.2 Å². The topological polar surface area (TPSA) is 138 Å². The fourth-order valence-corrected chi connectivity index (χ4v) is 3.96. The summed E-state index contributed by atoms with van der Waals surface area (Å²) in [5.74, 6) is -1.60. The Morgan fingerprint density at radius 2 is 0.857 bits per heavy atom. The summed E-state index contributed by atoms with van der Waals surface area (Å²) in [4.78, 5) is 58.7. The predicted molar refractivity (Wildman–Crippen MR) is 161 cm³/mol. The molecule has 0 saturated heterocycles. The summed E-state index contributed by atoms with van der Waals surface area (Å²) < 4.78 is 14.3. The fraction of sp³-hybridized carbons (Fsp3) is 0.862. The van der Waals surface area contributed by atoms with Gasteiger partial charge in [0.15, 0.2) is 0 Å². The van der Waals surface area contributed by atoms with Crippen LogP contribution in [0.15, 0.2) is 0 Å². The van der Waals surface area contributed by atoms with Crippen molar-refractivity contribution in [3.63, 3.8) is 0 Å². The molecule has 0 saturated carbocycles. The lowest BCUT2D eigenvalue weighted by atomic mass is 10.2. The number of hydrogen-bond donors (Lipinski definition) is 1. The van der Waals surface area contributed by atoms with E-state index in [-0.39, 0.29) is 43.6 Å². The zero-order valence-corrected chi connectivity index (χ0v) is 27.2. The van der Waals surface area contributed by atoms with Gasteiger partial charge >= 0.3 is 23.9 Å². The van der Waals surface area contributed by atoms with Crippen LogP contribution in [0.1, 0.15) is 65.7 Å². The van der Waals surface area contributed by atoms with Crippen LogP contribution in [0.2, 0.25) is 0 Å². The van der Waals surface area contributed by atoms with E-state index in [1.165, 1.54) is 21.3 Å². The smallest absolute Gasteiger partial charge is 0.343 e. The van der Waals surface area contributed by atoms with Crippen molar-refractivity contribution in [2.75, 3.05) is 100 Å². The van der Waals surface area contributed by atoms with Gasteiger partial charge in [0, 0.05) is 65.4 Å². The zero-order valence-electron chi connectivity index (χ0n) is 27.2. The van der Waals surface area contributed by atoms with Crippen LogP contribution in [-0.4, -0.2) is 149 Å². The summed E-state index contributed by atoms with van der Waals surface area (Å²) in [7, 11) is 6.11. The largest absolute Gasteiger partial charge is 0.469 e. The molecule has 0 amide bonds. The first-order valence-electron chi connectivity index (χ1n) is 15.1. The maximum atomic E-state index is 11.7. The lowest BCUT2D eigenvalue weighted by Crippen LogP contribution is -2.42. The minimum Gasteiger partial charge on any atom is -0.469 e. The van der Waals surface area contributed by atoms with Gasteiger partial charge in [-0.3, -0.25) is 14.4 Å². The molecule has 0 aromatic rings. The van der Waals surface area contributed by atoms with Gasteiger partial charge in [-0.05, 0) is 20.0 Å². The van der Waals surface area contributed by atoms with Crippen LogP contribution >= 0.6 is 0 Å². The van der Waals surface area contributed by atoms with Gasteiger partial charge in [-0.25, -0.2) is 4.79 Å². The fourth-order valence-electron chi connectivity index (χ4n) is 3.96. The molecule has 0 aliphatic carbocycles. The van der Waals surface area contributed by atoms with Crippen molar-refractivity contribution in [1.82, 2.24) is 19.6 Å². The third-order valence-corrected chi connectivity index (χ3v) is 6.72. The standard InChI is InChI=1S/C27H52N4O9.C2H6/c1-6-7-8-13-29(22-23-31(15-10-25(33)38-4)16-11-26(34)39-5)20-18-28(2)19-21-30(14-9-24(32)37-3)17-12-27(35)40-36;1-2/h36H,6-23H2,1-5H3;1-2H3. The number of ether oxygens (including phenoxy) is 3. The minimum atomic E-state index is -0.716. The maximum absolute atomic E-state index is 11.7. The summed E-state index contributed by atoms with van der Waals surface area (Å²) in [6, 6.07) is 0. The SMILES string of the molecule is CC.CCCCCN(CCN(C)CCN(CCC(=O)OC)CCC(=O)OO)CCN(CCC(=O)OC)CCC(=O)OC. The molecule has 0 fully saturated rings. The highest BCUT2D eigenvalue weighted by molar-refractivity contribution is 5.70. The van der Waals surface area contributed by atoms with E-state index in [1.807, 2.05) is 25.8 Å². The zero-order chi connectivity index (χ0) is 32.2. The van der Waals surface area contributed by atoms with Crippen molar-refractivity contribution >= 4 is 23.9 Å². The van der Waals surface area contributed by atoms with Gasteiger partial charge in [-0.1, -0.05) is 33.6 Å². The molecule has 0 aromatic carbocycles. The van der Waals surface area contributed by atoms with Crippen molar-refractivity contribution in [2.45, 2.75) is 65.7 Å². The second kappa shape index (κ2) is 28.8. The Kier molecular flexibility index (Phi) is 28.7. The van der Waals surface area contributed by atoms with Gasteiger partial charge in [0.2, 0.25) is 0 Å². The highest BCUT2D eigenvalue weighted by Crippen LogP contribution is 2.04. The van der Waals surface area contributed by atoms with Gasteiger partial charge < -0.3 is 38.7 Å². The van der Waals surface area contributed by atoms with Crippen molar-refractivity contribution in [3.05, 3.63) is 0 Å². The number of carbonyl (C=O) groups excluding carboxylic acids is 4. The van der Waals surface area contributed by atoms with Crippen LogP contribution in [0.5, 0.6) is 0 Å². The lowest BCUT2D eigenvalue weighted by molar-refractivity contribution is -0.234. The molecule has 42 heavy (non-hydrogen) atoms. The van der Waals surface area contributed by atoms with Crippen molar-refractivity contribution in [2.24, 2.45) is 0 Å². The Bertz CT molecular complexity index is 673. The average molecular weight is 607 g/mol. The quantitative estimate of drug-likeness (QED) is 0.0534. The van der Waals surface area contributed by atoms with E-state index in [1.54, 1.807) is 0 Å². The Balaban J connectivity index is 0. The molecule has 0 rings (SSSR count). The monoisotopic (exact) mass is 606 g/mol. The van der Waals surface area contributed by atoms with Gasteiger partial charge in [0.05, 0.1) is 47.0 Å². The van der Waals surface area contributed by atoms with E-state index < -0.39 is 5.97 Å². The highest BCUT2D eigenvalue weighted by atomic mass is 17.1. The first kappa shape index (κ1) is 41.8. The lowest BCUT2D eigenvalue weighted by Gasteiger charge is -2.30. The molecule has 0 atom stereocenters. The number of methoxy groups -OCH3 is 3. The molecule has 0 aromatic heterocycles. The summed E-state index contributed by atoms with van der Waals surface area (Å²) in [6.45, 7) is 13.5. The van der Waals surface area contributed by atoms with Crippen LogP contribution < -0.4 is 0 Å². The molecule has 13 heteroatoms. The molecule has 0 bridgehead atoms. The van der Waals surface area contributed by atoms with Crippen LogP contribution in [0.4, 0.5) is 0 Å². The van der Waals surface area contributed by atoms with Gasteiger partial charge in [-0.2, -0.15) is 5.26 Å². The van der Waals surface area contributed by atoms with E-state index in [0.29, 0.717) is 39.3 Å². The molecule has 0 aliphatic heterocycles. The second-order valence-corrected chi connectivity index (χ2v) is 9.73. The molecular weight excluding hydrogens is 548 g/mol. The summed E-state index contributed by atoms with van der Waals surface area (Å²) in [5.41, 5.74) is 0. The van der Waals surface area contributed by atoms with E-state index in [2.05, 4.69) is 26.5 Å². The maximum Gasteiger partial charge on any atom is 0.343 e. The van der Waals surface area contributed by atoms with Gasteiger partial charge in [0.1, 0.15) is 0 Å². The van der Waals surface area contributed by atoms with E-state index in [0.717, 1.165) is 52.0 Å². The number of carbonyl (C=O) groups is 4. The molecule has 0 radical (unpaired) electrons. The van der Waals surface area contributed by atoms with Crippen LogP contribution in [0, 0.1) is 0 Å². The van der Waals surface area contributed by atoms with Crippen LogP contribution in [0.25, 0.3) is 0 Å². The van der Waals surface area contributed by atoms with Crippen molar-refractivity contribution in [1.29, 1.82) is 0 Å². The number of hydrogen-bond acceptors (Lipinski definition) is 13.